The second kappa shape index (κ2) is 10.7. The number of rotatable bonds is 7. The van der Waals surface area contributed by atoms with E-state index >= 15 is 0 Å². The quantitative estimate of drug-likeness (QED) is 0.542. The number of morpholine rings is 1. The number of hydrogen-bond acceptors (Lipinski definition) is 6. The van der Waals surface area contributed by atoms with Crippen LogP contribution in [0.15, 0.2) is 0 Å². The van der Waals surface area contributed by atoms with Gasteiger partial charge in [-0.1, -0.05) is 0 Å². The SMILES string of the molecule is CN1CCN(CC2CN3CCC2CC3CNC(=S)NCCN2CCOCC2)CC1. The molecule has 0 radical (unpaired) electrons. The van der Waals surface area contributed by atoms with Gasteiger partial charge in [0.2, 0.25) is 0 Å². The molecule has 29 heavy (non-hydrogen) atoms. The van der Waals surface area contributed by atoms with Crippen molar-refractivity contribution >= 4 is 17.3 Å². The molecule has 8 heteroatoms. The summed E-state index contributed by atoms with van der Waals surface area (Å²) in [5.41, 5.74) is 0. The van der Waals surface area contributed by atoms with Crippen LogP contribution >= 0.6 is 12.2 Å². The predicted octanol–water partition coefficient (Wildman–Crippen LogP) is -0.259. The first-order chi connectivity index (χ1) is 14.2. The summed E-state index contributed by atoms with van der Waals surface area (Å²) < 4.78 is 5.40. The van der Waals surface area contributed by atoms with Crippen molar-refractivity contribution in [3.8, 4) is 0 Å². The van der Waals surface area contributed by atoms with E-state index in [0.29, 0.717) is 6.04 Å². The van der Waals surface area contributed by atoms with Crippen molar-refractivity contribution in [2.75, 3.05) is 98.8 Å². The molecule has 0 aliphatic carbocycles. The highest BCUT2D eigenvalue weighted by Gasteiger charge is 2.40. The van der Waals surface area contributed by atoms with Crippen LogP contribution in [0.1, 0.15) is 12.8 Å². The van der Waals surface area contributed by atoms with Crippen LogP contribution in [0.4, 0.5) is 0 Å². The van der Waals surface area contributed by atoms with E-state index in [4.69, 9.17) is 17.0 Å². The van der Waals surface area contributed by atoms with Crippen LogP contribution in [0.5, 0.6) is 0 Å². The normalized spacial score (nSPS) is 34.2. The fraction of sp³-hybridized carbons (Fsp3) is 0.952. The molecule has 0 amide bonds. The minimum atomic E-state index is 0.650. The van der Waals surface area contributed by atoms with Gasteiger partial charge >= 0.3 is 0 Å². The molecule has 5 heterocycles. The first-order valence-corrected chi connectivity index (χ1v) is 12.0. The van der Waals surface area contributed by atoms with E-state index in [0.717, 1.165) is 62.9 Å². The molecule has 2 bridgehead atoms. The number of piperidine rings is 3. The first-order valence-electron chi connectivity index (χ1n) is 11.6. The lowest BCUT2D eigenvalue weighted by Crippen LogP contribution is -2.59. The maximum atomic E-state index is 5.52. The van der Waals surface area contributed by atoms with Crippen molar-refractivity contribution in [2.45, 2.75) is 18.9 Å². The molecule has 5 saturated heterocycles. The number of ether oxygens (including phenoxy) is 1. The Morgan fingerprint density at radius 1 is 1.00 bits per heavy atom. The number of likely N-dealkylation sites (N-methyl/N-ethyl adjacent to an activating group) is 1. The Hall–Kier alpha value is -0.510. The summed E-state index contributed by atoms with van der Waals surface area (Å²) in [7, 11) is 2.24. The zero-order valence-electron chi connectivity index (χ0n) is 18.2. The standard InChI is InChI=1S/C21H40N6OS/c1-24-6-8-26(9-7-24)16-19-17-27-4-2-18(19)14-20(27)15-23-21(29)22-3-5-25-10-12-28-13-11-25/h18-20H,2-17H2,1H3,(H2,22,23,29). The van der Waals surface area contributed by atoms with Crippen molar-refractivity contribution in [1.29, 1.82) is 0 Å². The molecule has 0 aromatic rings. The number of thiocarbonyl (C=S) groups is 1. The van der Waals surface area contributed by atoms with Crippen LogP contribution in [0, 0.1) is 11.8 Å². The van der Waals surface area contributed by atoms with E-state index in [1.54, 1.807) is 0 Å². The Labute approximate surface area is 182 Å². The lowest BCUT2D eigenvalue weighted by molar-refractivity contribution is -0.0152. The van der Waals surface area contributed by atoms with Gasteiger partial charge in [0.25, 0.3) is 0 Å². The van der Waals surface area contributed by atoms with Gasteiger partial charge in [0.05, 0.1) is 13.2 Å². The zero-order valence-corrected chi connectivity index (χ0v) is 19.0. The first kappa shape index (κ1) is 21.7. The molecule has 5 aliphatic heterocycles. The fourth-order valence-electron chi connectivity index (χ4n) is 5.46. The Morgan fingerprint density at radius 2 is 1.79 bits per heavy atom. The molecule has 2 N–H and O–H groups in total. The van der Waals surface area contributed by atoms with Crippen LogP contribution in [0.3, 0.4) is 0 Å². The molecule has 5 rings (SSSR count). The molecule has 4 unspecified atom stereocenters. The van der Waals surface area contributed by atoms with E-state index in [1.165, 1.54) is 58.7 Å². The van der Waals surface area contributed by atoms with Gasteiger partial charge < -0.3 is 25.2 Å². The van der Waals surface area contributed by atoms with Gasteiger partial charge in [0.15, 0.2) is 5.11 Å². The van der Waals surface area contributed by atoms with Crippen molar-refractivity contribution < 1.29 is 4.74 Å². The van der Waals surface area contributed by atoms with Gasteiger partial charge in [-0.2, -0.15) is 0 Å². The Kier molecular flexibility index (Phi) is 8.00. The minimum absolute atomic E-state index is 0.650. The lowest BCUT2D eigenvalue weighted by Gasteiger charge is -2.51. The Morgan fingerprint density at radius 3 is 2.52 bits per heavy atom. The van der Waals surface area contributed by atoms with Gasteiger partial charge in [-0.15, -0.1) is 0 Å². The minimum Gasteiger partial charge on any atom is -0.379 e. The highest BCUT2D eigenvalue weighted by molar-refractivity contribution is 7.80. The lowest BCUT2D eigenvalue weighted by atomic mass is 9.75. The molecule has 4 atom stereocenters. The molecular formula is C21H40N6OS. The van der Waals surface area contributed by atoms with Crippen LogP contribution in [-0.2, 0) is 4.74 Å². The second-order valence-corrected chi connectivity index (χ2v) is 9.80. The van der Waals surface area contributed by atoms with Crippen LogP contribution in [0.2, 0.25) is 0 Å². The van der Waals surface area contributed by atoms with Crippen LogP contribution < -0.4 is 10.6 Å². The highest BCUT2D eigenvalue weighted by atomic mass is 32.1. The van der Waals surface area contributed by atoms with Gasteiger partial charge in [-0.05, 0) is 50.5 Å². The Balaban J connectivity index is 1.12. The van der Waals surface area contributed by atoms with Crippen LogP contribution in [-0.4, -0.2) is 130 Å². The molecule has 0 spiro atoms. The van der Waals surface area contributed by atoms with Crippen molar-refractivity contribution in [3.05, 3.63) is 0 Å². The fourth-order valence-corrected chi connectivity index (χ4v) is 5.64. The number of hydrogen-bond donors (Lipinski definition) is 2. The predicted molar refractivity (Wildman–Crippen MR) is 121 cm³/mol. The summed E-state index contributed by atoms with van der Waals surface area (Å²) in [4.78, 5) is 10.3. The maximum Gasteiger partial charge on any atom is 0.166 e. The highest BCUT2D eigenvalue weighted by Crippen LogP contribution is 2.36. The van der Waals surface area contributed by atoms with Crippen molar-refractivity contribution in [3.63, 3.8) is 0 Å². The van der Waals surface area contributed by atoms with Gasteiger partial charge in [-0.25, -0.2) is 0 Å². The second-order valence-electron chi connectivity index (χ2n) is 9.39. The van der Waals surface area contributed by atoms with Gasteiger partial charge in [0.1, 0.15) is 0 Å². The zero-order chi connectivity index (χ0) is 20.1. The van der Waals surface area contributed by atoms with E-state index in [9.17, 15) is 0 Å². The Bertz CT molecular complexity index is 523. The summed E-state index contributed by atoms with van der Waals surface area (Å²) in [6.07, 6.45) is 2.72. The van der Waals surface area contributed by atoms with Gasteiger partial charge in [0, 0.05) is 78.0 Å². The smallest absolute Gasteiger partial charge is 0.166 e. The van der Waals surface area contributed by atoms with E-state index in [1.807, 2.05) is 0 Å². The van der Waals surface area contributed by atoms with E-state index in [2.05, 4.69) is 37.3 Å². The van der Waals surface area contributed by atoms with Gasteiger partial charge in [-0.3, -0.25) is 9.80 Å². The molecule has 5 aliphatic rings. The monoisotopic (exact) mass is 424 g/mol. The third-order valence-corrected chi connectivity index (χ3v) is 7.71. The summed E-state index contributed by atoms with van der Waals surface area (Å²) in [5.74, 6) is 1.76. The van der Waals surface area contributed by atoms with E-state index < -0.39 is 0 Å². The summed E-state index contributed by atoms with van der Waals surface area (Å²) in [6, 6.07) is 0.650. The molecular weight excluding hydrogens is 384 g/mol. The van der Waals surface area contributed by atoms with Crippen LogP contribution in [0.25, 0.3) is 0 Å². The third-order valence-electron chi connectivity index (χ3n) is 7.42. The number of nitrogens with one attached hydrogen (secondary N) is 2. The molecule has 0 aromatic heterocycles. The van der Waals surface area contributed by atoms with Crippen molar-refractivity contribution in [1.82, 2.24) is 30.2 Å². The topological polar surface area (TPSA) is 46.2 Å². The maximum absolute atomic E-state index is 5.52. The largest absolute Gasteiger partial charge is 0.379 e. The number of piperazine rings is 1. The molecule has 0 aromatic carbocycles. The number of fused-ring (bicyclic) bond motifs is 3. The summed E-state index contributed by atoms with van der Waals surface area (Å²) in [5, 5.41) is 7.70. The van der Waals surface area contributed by atoms with E-state index in [-0.39, 0.29) is 0 Å². The molecule has 166 valence electrons. The average molecular weight is 425 g/mol. The van der Waals surface area contributed by atoms with Crippen molar-refractivity contribution in [2.24, 2.45) is 11.8 Å². The third kappa shape index (κ3) is 6.24. The molecule has 5 fully saturated rings. The number of nitrogens with zero attached hydrogens (tertiary/aromatic N) is 4. The molecule has 0 saturated carbocycles. The molecule has 7 nitrogen and oxygen atoms in total. The summed E-state index contributed by atoms with van der Waals surface area (Å²) >= 11 is 5.52. The average Bonchev–Trinajstić information content (AvgIpc) is 2.75. The summed E-state index contributed by atoms with van der Waals surface area (Å²) in [6.45, 7) is 15.5.